The van der Waals surface area contributed by atoms with E-state index in [2.05, 4.69) is 47.2 Å². The molecule has 3 heterocycles. The smallest absolute Gasteiger partial charge is 0.299 e. The lowest BCUT2D eigenvalue weighted by molar-refractivity contribution is -0.114. The number of para-hydroxylation sites is 1. The molecule has 11 heteroatoms. The van der Waals surface area contributed by atoms with Crippen LogP contribution in [0.15, 0.2) is 51.5 Å². The van der Waals surface area contributed by atoms with Crippen molar-refractivity contribution in [3.63, 3.8) is 0 Å². The Bertz CT molecular complexity index is 1360. The van der Waals surface area contributed by atoms with Gasteiger partial charge in [-0.3, -0.25) is 19.3 Å². The van der Waals surface area contributed by atoms with E-state index >= 15 is 0 Å². The van der Waals surface area contributed by atoms with Gasteiger partial charge in [-0.15, -0.1) is 16.4 Å². The van der Waals surface area contributed by atoms with Crippen LogP contribution in [0.1, 0.15) is 25.9 Å². The van der Waals surface area contributed by atoms with Crippen molar-refractivity contribution < 1.29 is 14.4 Å². The molecule has 0 unspecified atom stereocenters. The standard InChI is InChI=1S/C20H11Br2N5O3S/c21-12-5-11-15(6-13(12)22)27(20(30)18(11)29)8-10-7-26(25-24-10)9-16(28)19-23-14-3-1-2-4-17(14)31-19/h1-7H,8-9H2. The van der Waals surface area contributed by atoms with E-state index in [0.717, 1.165) is 14.7 Å². The lowest BCUT2D eigenvalue weighted by atomic mass is 10.1. The third kappa shape index (κ3) is 3.62. The molecular formula is C20H11Br2N5O3S. The summed E-state index contributed by atoms with van der Waals surface area (Å²) in [6.45, 7) is 0.0513. The minimum absolute atomic E-state index is 0.0191. The molecule has 1 aliphatic rings. The van der Waals surface area contributed by atoms with E-state index in [1.165, 1.54) is 20.9 Å². The molecule has 0 saturated carbocycles. The number of halogens is 2. The molecule has 0 radical (unpaired) electrons. The van der Waals surface area contributed by atoms with E-state index in [4.69, 9.17) is 0 Å². The van der Waals surface area contributed by atoms with Gasteiger partial charge < -0.3 is 0 Å². The van der Waals surface area contributed by atoms with E-state index in [1.807, 2.05) is 24.3 Å². The molecule has 1 amide bonds. The predicted molar refractivity (Wildman–Crippen MR) is 121 cm³/mol. The van der Waals surface area contributed by atoms with Crippen LogP contribution in [-0.4, -0.2) is 37.5 Å². The van der Waals surface area contributed by atoms with Crippen molar-refractivity contribution in [2.24, 2.45) is 0 Å². The number of Topliss-reactive ketones (excluding diaryl/α,β-unsaturated/α-hetero) is 2. The quantitative estimate of drug-likeness (QED) is 0.270. The normalized spacial score (nSPS) is 13.3. The van der Waals surface area contributed by atoms with E-state index in [0.29, 0.717) is 26.4 Å². The molecule has 8 nitrogen and oxygen atoms in total. The summed E-state index contributed by atoms with van der Waals surface area (Å²) in [6.07, 6.45) is 1.59. The number of hydrogen-bond donors (Lipinski definition) is 0. The van der Waals surface area contributed by atoms with Crippen LogP contribution in [0.4, 0.5) is 5.69 Å². The largest absolute Gasteiger partial charge is 0.299 e. The van der Waals surface area contributed by atoms with Crippen LogP contribution in [0.2, 0.25) is 0 Å². The number of carbonyl (C=O) groups is 3. The van der Waals surface area contributed by atoms with Gasteiger partial charge in [0.2, 0.25) is 5.78 Å². The summed E-state index contributed by atoms with van der Waals surface area (Å²) < 4.78 is 3.76. The highest BCUT2D eigenvalue weighted by molar-refractivity contribution is 9.13. The zero-order chi connectivity index (χ0) is 21.7. The van der Waals surface area contributed by atoms with Gasteiger partial charge in [0.25, 0.3) is 11.7 Å². The number of benzene rings is 2. The van der Waals surface area contributed by atoms with Gasteiger partial charge in [0.05, 0.1) is 34.2 Å². The third-order valence-electron chi connectivity index (χ3n) is 4.76. The fraction of sp³-hybridized carbons (Fsp3) is 0.100. The van der Waals surface area contributed by atoms with Crippen molar-refractivity contribution in [1.82, 2.24) is 20.0 Å². The minimum atomic E-state index is -0.625. The van der Waals surface area contributed by atoms with Crippen molar-refractivity contribution in [2.75, 3.05) is 4.90 Å². The highest BCUT2D eigenvalue weighted by atomic mass is 79.9. The number of thiazole rings is 1. The lowest BCUT2D eigenvalue weighted by Crippen LogP contribution is -2.29. The van der Waals surface area contributed by atoms with E-state index in [9.17, 15) is 14.4 Å². The molecule has 5 rings (SSSR count). The SMILES string of the molecule is O=C(Cn1cc(CN2C(=O)C(=O)c3cc(Br)c(Br)cc32)nn1)c1nc2ccccc2s1. The van der Waals surface area contributed by atoms with Crippen LogP contribution in [0.3, 0.4) is 0 Å². The fourth-order valence-electron chi connectivity index (χ4n) is 3.30. The summed E-state index contributed by atoms with van der Waals surface area (Å²) in [5, 5.41) is 8.46. The Hall–Kier alpha value is -2.76. The Morgan fingerprint density at radius 2 is 1.87 bits per heavy atom. The summed E-state index contributed by atoms with van der Waals surface area (Å²) >= 11 is 8.08. The number of amides is 1. The molecule has 2 aromatic carbocycles. The highest BCUT2D eigenvalue weighted by Crippen LogP contribution is 2.37. The zero-order valence-corrected chi connectivity index (χ0v) is 19.6. The summed E-state index contributed by atoms with van der Waals surface area (Å²) in [5.41, 5.74) is 2.08. The van der Waals surface area contributed by atoms with E-state index in [-0.39, 0.29) is 18.9 Å². The van der Waals surface area contributed by atoms with Gasteiger partial charge in [-0.2, -0.15) is 0 Å². The fourth-order valence-corrected chi connectivity index (χ4v) is 4.87. The number of nitrogens with zero attached hydrogens (tertiary/aromatic N) is 5. The zero-order valence-electron chi connectivity index (χ0n) is 15.6. The van der Waals surface area contributed by atoms with Gasteiger partial charge in [0, 0.05) is 8.95 Å². The first-order valence-corrected chi connectivity index (χ1v) is 11.4. The van der Waals surface area contributed by atoms with Crippen molar-refractivity contribution in [3.8, 4) is 0 Å². The Morgan fingerprint density at radius 3 is 2.68 bits per heavy atom. The average molecular weight is 561 g/mol. The molecule has 31 heavy (non-hydrogen) atoms. The maximum absolute atomic E-state index is 12.6. The number of rotatable bonds is 5. The maximum Gasteiger partial charge on any atom is 0.299 e. The molecule has 1 aliphatic heterocycles. The van der Waals surface area contributed by atoms with Gasteiger partial charge in [-0.1, -0.05) is 17.3 Å². The molecular weight excluding hydrogens is 550 g/mol. The Labute approximate surface area is 196 Å². The van der Waals surface area contributed by atoms with Crippen LogP contribution in [-0.2, 0) is 17.9 Å². The Kier molecular flexibility index (Phi) is 5.03. The first kappa shape index (κ1) is 20.2. The maximum atomic E-state index is 12.6. The van der Waals surface area contributed by atoms with Crippen molar-refractivity contribution >= 4 is 76.6 Å². The number of anilines is 1. The minimum Gasteiger partial charge on any atom is -0.299 e. The second-order valence-electron chi connectivity index (χ2n) is 6.82. The van der Waals surface area contributed by atoms with Crippen LogP contribution < -0.4 is 4.90 Å². The highest BCUT2D eigenvalue weighted by Gasteiger charge is 2.37. The molecule has 2 aromatic heterocycles. The first-order chi connectivity index (χ1) is 14.9. The molecule has 0 spiro atoms. The molecule has 0 fully saturated rings. The summed E-state index contributed by atoms with van der Waals surface area (Å²) in [6, 6.07) is 10.9. The monoisotopic (exact) mass is 559 g/mol. The number of carbonyl (C=O) groups excluding carboxylic acids is 3. The molecule has 0 atom stereocenters. The second kappa shape index (κ2) is 7.74. The van der Waals surface area contributed by atoms with Crippen molar-refractivity contribution in [1.29, 1.82) is 0 Å². The van der Waals surface area contributed by atoms with Crippen LogP contribution in [0.5, 0.6) is 0 Å². The predicted octanol–water partition coefficient (Wildman–Crippen LogP) is 4.03. The van der Waals surface area contributed by atoms with Crippen molar-refractivity contribution in [2.45, 2.75) is 13.1 Å². The van der Waals surface area contributed by atoms with Gasteiger partial charge in [0.15, 0.2) is 5.01 Å². The number of aromatic nitrogens is 4. The number of hydrogen-bond acceptors (Lipinski definition) is 7. The van der Waals surface area contributed by atoms with Crippen LogP contribution in [0, 0.1) is 0 Å². The van der Waals surface area contributed by atoms with Gasteiger partial charge in [-0.05, 0) is 56.1 Å². The van der Waals surface area contributed by atoms with Gasteiger partial charge >= 0.3 is 0 Å². The van der Waals surface area contributed by atoms with E-state index < -0.39 is 11.7 Å². The molecule has 0 N–H and O–H groups in total. The first-order valence-electron chi connectivity index (χ1n) is 9.04. The number of fused-ring (bicyclic) bond motifs is 2. The van der Waals surface area contributed by atoms with E-state index in [1.54, 1.807) is 18.3 Å². The number of ketones is 2. The Balaban J connectivity index is 1.34. The molecule has 154 valence electrons. The van der Waals surface area contributed by atoms with Gasteiger partial charge in [-0.25, -0.2) is 9.67 Å². The molecule has 0 aliphatic carbocycles. The summed E-state index contributed by atoms with van der Waals surface area (Å²) in [7, 11) is 0. The third-order valence-corrected chi connectivity index (χ3v) is 7.68. The molecule has 0 saturated heterocycles. The lowest BCUT2D eigenvalue weighted by Gasteiger charge is -2.15. The topological polar surface area (TPSA) is 98.1 Å². The molecule has 0 bridgehead atoms. The van der Waals surface area contributed by atoms with Crippen molar-refractivity contribution in [3.05, 3.63) is 67.8 Å². The van der Waals surface area contributed by atoms with Crippen LogP contribution >= 0.6 is 43.2 Å². The average Bonchev–Trinajstić information content (AvgIpc) is 3.43. The van der Waals surface area contributed by atoms with Gasteiger partial charge in [0.1, 0.15) is 12.2 Å². The summed E-state index contributed by atoms with van der Waals surface area (Å²) in [5.74, 6) is -1.37. The molecule has 4 aromatic rings. The summed E-state index contributed by atoms with van der Waals surface area (Å²) in [4.78, 5) is 43.1. The van der Waals surface area contributed by atoms with Crippen LogP contribution in [0.25, 0.3) is 10.2 Å². The Morgan fingerprint density at radius 1 is 1.10 bits per heavy atom. The second-order valence-corrected chi connectivity index (χ2v) is 9.56.